The van der Waals surface area contributed by atoms with Gasteiger partial charge in [-0.3, -0.25) is 19.7 Å². The van der Waals surface area contributed by atoms with Crippen LogP contribution in [0.5, 0.6) is 0 Å². The summed E-state index contributed by atoms with van der Waals surface area (Å²) >= 11 is 3.09. The Balaban J connectivity index is 3.27. The highest BCUT2D eigenvalue weighted by molar-refractivity contribution is 9.10. The molecule has 1 unspecified atom stereocenters. The van der Waals surface area contributed by atoms with E-state index in [1.807, 2.05) is 0 Å². The molecule has 1 aromatic carbocycles. The predicted molar refractivity (Wildman–Crippen MR) is 61.2 cm³/mol. The number of halogens is 1. The van der Waals surface area contributed by atoms with Crippen molar-refractivity contribution < 1.29 is 14.5 Å². The van der Waals surface area contributed by atoms with Gasteiger partial charge in [-0.1, -0.05) is 15.9 Å². The van der Waals surface area contributed by atoms with Crippen molar-refractivity contribution in [2.24, 2.45) is 0 Å². The molecule has 0 aliphatic carbocycles. The minimum absolute atomic E-state index is 0.0329. The summed E-state index contributed by atoms with van der Waals surface area (Å²) in [6.07, 6.45) is 0.440. The first-order valence-electron chi connectivity index (χ1n) is 4.39. The van der Waals surface area contributed by atoms with Gasteiger partial charge in [0, 0.05) is 23.3 Å². The number of non-ortho nitro benzene ring substituents is 1. The zero-order chi connectivity index (χ0) is 12.3. The summed E-state index contributed by atoms with van der Waals surface area (Å²) in [6.45, 7) is 1.62. The van der Waals surface area contributed by atoms with E-state index >= 15 is 0 Å². The first kappa shape index (κ1) is 12.5. The minimum atomic E-state index is -0.612. The van der Waals surface area contributed by atoms with Gasteiger partial charge in [0.25, 0.3) is 5.69 Å². The van der Waals surface area contributed by atoms with E-state index in [1.54, 1.807) is 6.92 Å². The number of carbonyl (C=O) groups is 2. The lowest BCUT2D eigenvalue weighted by molar-refractivity contribution is -0.384. The van der Waals surface area contributed by atoms with Gasteiger partial charge in [-0.15, -0.1) is 0 Å². The molecular weight excluding hydrogens is 278 g/mol. The Bertz CT molecular complexity index is 456. The number of nitro groups is 1. The average molecular weight is 286 g/mol. The van der Waals surface area contributed by atoms with E-state index in [0.29, 0.717) is 6.29 Å². The van der Waals surface area contributed by atoms with Crippen LogP contribution >= 0.6 is 15.9 Å². The summed E-state index contributed by atoms with van der Waals surface area (Å²) in [7, 11) is 0. The number of nitrogens with zero attached hydrogens (tertiary/aromatic N) is 1. The van der Waals surface area contributed by atoms with Crippen molar-refractivity contribution in [1.82, 2.24) is 0 Å². The number of hydrogen-bond donors (Lipinski definition) is 0. The second kappa shape index (κ2) is 4.98. The highest BCUT2D eigenvalue weighted by atomic mass is 79.9. The van der Waals surface area contributed by atoms with Crippen LogP contribution in [-0.4, -0.2) is 21.8 Å². The van der Waals surface area contributed by atoms with Crippen molar-refractivity contribution in [3.63, 3.8) is 0 Å². The normalized spacial score (nSPS) is 11.9. The van der Waals surface area contributed by atoms with Crippen LogP contribution in [0, 0.1) is 10.1 Å². The van der Waals surface area contributed by atoms with Crippen LogP contribution in [0.3, 0.4) is 0 Å². The fourth-order valence-corrected chi connectivity index (χ4v) is 1.45. The maximum atomic E-state index is 11.6. The van der Waals surface area contributed by atoms with E-state index in [9.17, 15) is 19.7 Å². The molecular formula is C10H8BrNO4. The molecule has 0 spiro atoms. The fourth-order valence-electron chi connectivity index (χ4n) is 1.20. The van der Waals surface area contributed by atoms with E-state index in [-0.39, 0.29) is 22.6 Å². The second-order valence-electron chi connectivity index (χ2n) is 3.13. The van der Waals surface area contributed by atoms with Gasteiger partial charge in [-0.2, -0.15) is 0 Å². The third-order valence-corrected chi connectivity index (χ3v) is 2.42. The molecule has 84 valence electrons. The third kappa shape index (κ3) is 2.52. The molecule has 0 N–H and O–H groups in total. The molecule has 0 aliphatic rings. The monoisotopic (exact) mass is 285 g/mol. The van der Waals surface area contributed by atoms with Crippen LogP contribution in [-0.2, 0) is 0 Å². The molecule has 0 fully saturated rings. The highest BCUT2D eigenvalue weighted by Gasteiger charge is 2.18. The lowest BCUT2D eigenvalue weighted by Gasteiger charge is -2.05. The lowest BCUT2D eigenvalue weighted by atomic mass is 10.0. The van der Waals surface area contributed by atoms with Crippen LogP contribution in [0.15, 0.2) is 18.2 Å². The average Bonchev–Trinajstić information content (AvgIpc) is 2.26. The Morgan fingerprint density at radius 2 is 2.19 bits per heavy atom. The third-order valence-electron chi connectivity index (χ3n) is 2.00. The largest absolute Gasteiger partial charge is 0.298 e. The van der Waals surface area contributed by atoms with E-state index in [0.717, 1.165) is 6.07 Å². The van der Waals surface area contributed by atoms with Crippen LogP contribution in [0.25, 0.3) is 0 Å². The summed E-state index contributed by atoms with van der Waals surface area (Å²) < 4.78 is 0. The number of hydrogen-bond acceptors (Lipinski definition) is 4. The van der Waals surface area contributed by atoms with Crippen molar-refractivity contribution in [2.75, 3.05) is 0 Å². The van der Waals surface area contributed by atoms with Crippen molar-refractivity contribution in [3.8, 4) is 0 Å². The Hall–Kier alpha value is -1.56. The van der Waals surface area contributed by atoms with Crippen molar-refractivity contribution in [1.29, 1.82) is 0 Å². The molecule has 0 aromatic heterocycles. The van der Waals surface area contributed by atoms with Gasteiger partial charge in [-0.25, -0.2) is 0 Å². The Labute approximate surface area is 99.7 Å². The standard InChI is InChI=1S/C10H8BrNO4/c1-6(11)10(14)9-3-2-8(12(15)16)4-7(9)5-13/h2-6H,1H3. The minimum Gasteiger partial charge on any atom is -0.298 e. The first-order chi connectivity index (χ1) is 7.47. The quantitative estimate of drug-likeness (QED) is 0.280. The molecule has 1 aromatic rings. The number of alkyl halides is 1. The maximum absolute atomic E-state index is 11.6. The molecule has 0 amide bonds. The molecule has 0 aliphatic heterocycles. The summed E-state index contributed by atoms with van der Waals surface area (Å²) in [4.78, 5) is 31.8. The van der Waals surface area contributed by atoms with Gasteiger partial charge in [-0.05, 0) is 13.0 Å². The van der Waals surface area contributed by atoms with Crippen molar-refractivity contribution in [2.45, 2.75) is 11.8 Å². The Morgan fingerprint density at radius 1 is 1.56 bits per heavy atom. The molecule has 0 bridgehead atoms. The number of nitro benzene ring substituents is 1. The van der Waals surface area contributed by atoms with E-state index < -0.39 is 9.75 Å². The molecule has 0 saturated carbocycles. The molecule has 0 heterocycles. The molecule has 0 radical (unpaired) electrons. The van der Waals surface area contributed by atoms with Gasteiger partial charge in [0.05, 0.1) is 9.75 Å². The topological polar surface area (TPSA) is 77.3 Å². The zero-order valence-corrected chi connectivity index (χ0v) is 9.93. The predicted octanol–water partition coefficient (Wildman–Crippen LogP) is 2.37. The Morgan fingerprint density at radius 3 is 2.62 bits per heavy atom. The molecule has 5 nitrogen and oxygen atoms in total. The van der Waals surface area contributed by atoms with Gasteiger partial charge >= 0.3 is 0 Å². The highest BCUT2D eigenvalue weighted by Crippen LogP contribution is 2.19. The number of aldehydes is 1. The smallest absolute Gasteiger partial charge is 0.270 e. The lowest BCUT2D eigenvalue weighted by Crippen LogP contribution is -2.12. The molecule has 1 atom stereocenters. The molecule has 1 rings (SSSR count). The number of ketones is 1. The van der Waals surface area contributed by atoms with Gasteiger partial charge in [0.2, 0.25) is 0 Å². The fraction of sp³-hybridized carbons (Fsp3) is 0.200. The van der Waals surface area contributed by atoms with Crippen LogP contribution in [0.1, 0.15) is 27.6 Å². The summed E-state index contributed by atoms with van der Waals surface area (Å²) in [6, 6.07) is 3.59. The SMILES string of the molecule is CC(Br)C(=O)c1ccc([N+](=O)[O-])cc1C=O. The van der Waals surface area contributed by atoms with Crippen LogP contribution in [0.2, 0.25) is 0 Å². The number of Topliss-reactive ketones (excluding diaryl/α,β-unsaturated/α-hetero) is 1. The van der Waals surface area contributed by atoms with Gasteiger partial charge in [0.1, 0.15) is 0 Å². The summed E-state index contributed by atoms with van der Waals surface area (Å²) in [5, 5.41) is 10.5. The number of benzene rings is 1. The first-order valence-corrected chi connectivity index (χ1v) is 5.31. The maximum Gasteiger partial charge on any atom is 0.270 e. The second-order valence-corrected chi connectivity index (χ2v) is 4.50. The molecule has 16 heavy (non-hydrogen) atoms. The Kier molecular flexibility index (Phi) is 3.89. The van der Waals surface area contributed by atoms with E-state index in [1.165, 1.54) is 12.1 Å². The van der Waals surface area contributed by atoms with E-state index in [2.05, 4.69) is 15.9 Å². The van der Waals surface area contributed by atoms with Crippen molar-refractivity contribution in [3.05, 3.63) is 39.4 Å². The number of rotatable bonds is 4. The summed E-state index contributed by atoms with van der Waals surface area (Å²) in [5.74, 6) is -0.281. The van der Waals surface area contributed by atoms with Crippen LogP contribution < -0.4 is 0 Å². The molecule has 6 heteroatoms. The van der Waals surface area contributed by atoms with E-state index in [4.69, 9.17) is 0 Å². The van der Waals surface area contributed by atoms with Crippen molar-refractivity contribution >= 4 is 33.7 Å². The summed E-state index contributed by atoms with van der Waals surface area (Å²) in [5.41, 5.74) is 0.0105. The molecule has 0 saturated heterocycles. The zero-order valence-electron chi connectivity index (χ0n) is 8.34. The van der Waals surface area contributed by atoms with Crippen LogP contribution in [0.4, 0.5) is 5.69 Å². The van der Waals surface area contributed by atoms with Gasteiger partial charge < -0.3 is 0 Å². The van der Waals surface area contributed by atoms with Gasteiger partial charge in [0.15, 0.2) is 12.1 Å². The number of carbonyl (C=O) groups excluding carboxylic acids is 2.